The molecule has 1 aliphatic rings. The molecule has 0 atom stereocenters. The third-order valence-corrected chi connectivity index (χ3v) is 4.92. The highest BCUT2D eigenvalue weighted by molar-refractivity contribution is 6.07. The SMILES string of the molecule is O=C(Nc1cc2[nH]c(=O)[nH]c2cc1N1CCCCC1)c1ccc([N+](=O)[O-])cc1. The van der Waals surface area contributed by atoms with Gasteiger partial charge in [-0.1, -0.05) is 0 Å². The number of hydrogen-bond donors (Lipinski definition) is 3. The molecule has 9 nitrogen and oxygen atoms in total. The number of nitro benzene ring substituents is 1. The van der Waals surface area contributed by atoms with Crippen molar-refractivity contribution < 1.29 is 9.72 Å². The topological polar surface area (TPSA) is 124 Å². The molecule has 1 saturated heterocycles. The Morgan fingerprint density at radius 3 is 2.32 bits per heavy atom. The van der Waals surface area contributed by atoms with E-state index in [1.807, 2.05) is 6.07 Å². The van der Waals surface area contributed by atoms with Crippen LogP contribution in [0.1, 0.15) is 29.6 Å². The fourth-order valence-electron chi connectivity index (χ4n) is 3.50. The van der Waals surface area contributed by atoms with Gasteiger partial charge in [0.15, 0.2) is 0 Å². The molecule has 0 saturated carbocycles. The molecule has 1 amide bonds. The average Bonchev–Trinajstić information content (AvgIpc) is 3.07. The number of carbonyl (C=O) groups is 1. The molecule has 2 aromatic carbocycles. The van der Waals surface area contributed by atoms with Crippen molar-refractivity contribution in [2.75, 3.05) is 23.3 Å². The summed E-state index contributed by atoms with van der Waals surface area (Å²) in [6, 6.07) is 9.04. The van der Waals surface area contributed by atoms with Crippen molar-refractivity contribution in [3.8, 4) is 0 Å². The van der Waals surface area contributed by atoms with E-state index in [1.54, 1.807) is 6.07 Å². The van der Waals surface area contributed by atoms with Gasteiger partial charge in [-0.05, 0) is 43.5 Å². The fourth-order valence-corrected chi connectivity index (χ4v) is 3.50. The van der Waals surface area contributed by atoms with E-state index < -0.39 is 4.92 Å². The van der Waals surface area contributed by atoms with Gasteiger partial charge in [-0.25, -0.2) is 4.79 Å². The van der Waals surface area contributed by atoms with Gasteiger partial charge < -0.3 is 20.2 Å². The first-order valence-corrected chi connectivity index (χ1v) is 9.08. The molecule has 0 aliphatic carbocycles. The zero-order valence-corrected chi connectivity index (χ0v) is 15.0. The molecule has 4 rings (SSSR count). The van der Waals surface area contributed by atoms with Crippen LogP contribution in [0.4, 0.5) is 17.1 Å². The first-order chi connectivity index (χ1) is 13.5. The molecule has 0 bridgehead atoms. The summed E-state index contributed by atoms with van der Waals surface area (Å²) in [7, 11) is 0. The van der Waals surface area contributed by atoms with Crippen molar-refractivity contribution in [1.29, 1.82) is 0 Å². The van der Waals surface area contributed by atoms with Crippen LogP contribution < -0.4 is 15.9 Å². The van der Waals surface area contributed by atoms with Crippen molar-refractivity contribution in [2.24, 2.45) is 0 Å². The third kappa shape index (κ3) is 3.46. The Morgan fingerprint density at radius 1 is 1.04 bits per heavy atom. The van der Waals surface area contributed by atoms with Gasteiger partial charge in [0.05, 0.1) is 27.3 Å². The molecule has 1 aromatic heterocycles. The number of anilines is 2. The zero-order chi connectivity index (χ0) is 19.7. The Hall–Kier alpha value is -3.62. The standard InChI is InChI=1S/C19H19N5O4/c25-18(12-4-6-13(7-5-12)24(27)28)20-16-10-14-15(22-19(26)21-14)11-17(16)23-8-2-1-3-9-23/h4-7,10-11H,1-3,8-9H2,(H,20,25)(H2,21,22,26). The average molecular weight is 381 g/mol. The minimum absolute atomic E-state index is 0.0723. The number of carbonyl (C=O) groups excluding carboxylic acids is 1. The lowest BCUT2D eigenvalue weighted by atomic mass is 10.1. The second-order valence-corrected chi connectivity index (χ2v) is 6.80. The first kappa shape index (κ1) is 17.8. The van der Waals surface area contributed by atoms with Crippen molar-refractivity contribution in [2.45, 2.75) is 19.3 Å². The van der Waals surface area contributed by atoms with E-state index in [9.17, 15) is 19.7 Å². The Labute approximate surface area is 159 Å². The molecule has 144 valence electrons. The van der Waals surface area contributed by atoms with Crippen LogP contribution in [0.15, 0.2) is 41.2 Å². The van der Waals surface area contributed by atoms with Gasteiger partial charge in [-0.15, -0.1) is 0 Å². The number of non-ortho nitro benzene ring substituents is 1. The number of nitrogens with zero attached hydrogens (tertiary/aromatic N) is 2. The lowest BCUT2D eigenvalue weighted by Crippen LogP contribution is -2.30. The predicted molar refractivity (Wildman–Crippen MR) is 106 cm³/mol. The summed E-state index contributed by atoms with van der Waals surface area (Å²) in [6.07, 6.45) is 3.30. The number of amides is 1. The molecule has 0 radical (unpaired) electrons. The van der Waals surface area contributed by atoms with Crippen LogP contribution in [0.2, 0.25) is 0 Å². The number of piperidine rings is 1. The number of nitrogens with one attached hydrogen (secondary N) is 3. The van der Waals surface area contributed by atoms with Crippen LogP contribution >= 0.6 is 0 Å². The minimum atomic E-state index is -0.508. The number of rotatable bonds is 4. The molecular formula is C19H19N5O4. The molecule has 2 heterocycles. The summed E-state index contributed by atoms with van der Waals surface area (Å²) in [5, 5.41) is 13.7. The van der Waals surface area contributed by atoms with Crippen LogP contribution in [0, 0.1) is 10.1 Å². The summed E-state index contributed by atoms with van der Waals surface area (Å²) in [5.74, 6) is -0.370. The van der Waals surface area contributed by atoms with Gasteiger partial charge in [0.2, 0.25) is 0 Å². The fraction of sp³-hybridized carbons (Fsp3) is 0.263. The van der Waals surface area contributed by atoms with Crippen LogP contribution in [0.25, 0.3) is 11.0 Å². The van der Waals surface area contributed by atoms with Crippen LogP contribution in [0.3, 0.4) is 0 Å². The smallest absolute Gasteiger partial charge is 0.323 e. The van der Waals surface area contributed by atoms with Gasteiger partial charge in [0.25, 0.3) is 11.6 Å². The monoisotopic (exact) mass is 381 g/mol. The molecule has 1 aliphatic heterocycles. The van der Waals surface area contributed by atoms with Gasteiger partial charge in [-0.2, -0.15) is 0 Å². The maximum atomic E-state index is 12.7. The Kier molecular flexibility index (Phi) is 4.56. The Balaban J connectivity index is 1.68. The quantitative estimate of drug-likeness (QED) is 0.473. The van der Waals surface area contributed by atoms with Gasteiger partial charge in [-0.3, -0.25) is 14.9 Å². The number of H-pyrrole nitrogens is 2. The van der Waals surface area contributed by atoms with E-state index in [0.29, 0.717) is 22.3 Å². The molecule has 9 heteroatoms. The second-order valence-electron chi connectivity index (χ2n) is 6.80. The van der Waals surface area contributed by atoms with Crippen LogP contribution in [-0.4, -0.2) is 33.9 Å². The minimum Gasteiger partial charge on any atom is -0.370 e. The van der Waals surface area contributed by atoms with Crippen molar-refractivity contribution in [3.63, 3.8) is 0 Å². The maximum Gasteiger partial charge on any atom is 0.323 e. The molecule has 0 spiro atoms. The van der Waals surface area contributed by atoms with E-state index in [2.05, 4.69) is 20.2 Å². The summed E-state index contributed by atoms with van der Waals surface area (Å²) in [4.78, 5) is 42.3. The van der Waals surface area contributed by atoms with Gasteiger partial charge in [0.1, 0.15) is 0 Å². The lowest BCUT2D eigenvalue weighted by molar-refractivity contribution is -0.384. The summed E-state index contributed by atoms with van der Waals surface area (Å²) >= 11 is 0. The van der Waals surface area contributed by atoms with Crippen LogP contribution in [0.5, 0.6) is 0 Å². The zero-order valence-electron chi connectivity index (χ0n) is 15.0. The lowest BCUT2D eigenvalue weighted by Gasteiger charge is -2.30. The Morgan fingerprint density at radius 2 is 1.68 bits per heavy atom. The van der Waals surface area contributed by atoms with E-state index in [4.69, 9.17) is 0 Å². The molecular weight excluding hydrogens is 362 g/mol. The van der Waals surface area contributed by atoms with E-state index >= 15 is 0 Å². The van der Waals surface area contributed by atoms with Crippen LogP contribution in [-0.2, 0) is 0 Å². The normalized spacial score (nSPS) is 14.2. The summed E-state index contributed by atoms with van der Waals surface area (Å²) in [5.41, 5.74) is 2.66. The van der Waals surface area contributed by atoms with Gasteiger partial charge >= 0.3 is 5.69 Å². The molecule has 3 N–H and O–H groups in total. The summed E-state index contributed by atoms with van der Waals surface area (Å²) < 4.78 is 0. The van der Waals surface area contributed by atoms with Crippen molar-refractivity contribution in [1.82, 2.24) is 9.97 Å². The number of benzene rings is 2. The predicted octanol–water partition coefficient (Wildman–Crippen LogP) is 3.01. The van der Waals surface area contributed by atoms with E-state index in [0.717, 1.165) is 31.6 Å². The molecule has 28 heavy (non-hydrogen) atoms. The highest BCUT2D eigenvalue weighted by Gasteiger charge is 2.19. The Bertz CT molecular complexity index is 1090. The van der Waals surface area contributed by atoms with Gasteiger partial charge in [0, 0.05) is 30.8 Å². The molecule has 3 aromatic rings. The highest BCUT2D eigenvalue weighted by Crippen LogP contribution is 2.32. The maximum absolute atomic E-state index is 12.7. The number of nitro groups is 1. The van der Waals surface area contributed by atoms with E-state index in [1.165, 1.54) is 30.7 Å². The second kappa shape index (κ2) is 7.18. The summed E-state index contributed by atoms with van der Waals surface area (Å²) in [6.45, 7) is 1.75. The number of imidazole rings is 1. The number of aromatic nitrogens is 2. The van der Waals surface area contributed by atoms with Crippen molar-refractivity contribution >= 4 is 34.0 Å². The van der Waals surface area contributed by atoms with Crippen molar-refractivity contribution in [3.05, 3.63) is 62.6 Å². The number of aromatic amines is 2. The molecule has 1 fully saturated rings. The third-order valence-electron chi connectivity index (χ3n) is 4.92. The van der Waals surface area contributed by atoms with E-state index in [-0.39, 0.29) is 17.3 Å². The first-order valence-electron chi connectivity index (χ1n) is 9.08. The largest absolute Gasteiger partial charge is 0.370 e. The number of hydrogen-bond acceptors (Lipinski definition) is 5. The molecule has 0 unspecified atom stereocenters. The highest BCUT2D eigenvalue weighted by atomic mass is 16.6. The number of fused-ring (bicyclic) bond motifs is 1.